The number of thiazole rings is 1. The molecule has 3 aliphatic heterocycles. The highest BCUT2D eigenvalue weighted by Gasteiger charge is 2.49. The second-order valence-corrected chi connectivity index (χ2v) is 8.51. The van der Waals surface area contributed by atoms with Gasteiger partial charge in [0.15, 0.2) is 0 Å². The Morgan fingerprint density at radius 3 is 2.92 bits per heavy atom. The van der Waals surface area contributed by atoms with Crippen molar-refractivity contribution in [1.82, 2.24) is 14.8 Å². The fourth-order valence-corrected chi connectivity index (χ4v) is 5.40. The lowest BCUT2D eigenvalue weighted by Crippen LogP contribution is -2.54. The molecule has 0 N–H and O–H groups in total. The Morgan fingerprint density at radius 1 is 1.33 bits per heavy atom. The van der Waals surface area contributed by atoms with Crippen LogP contribution in [-0.4, -0.2) is 59.6 Å². The van der Waals surface area contributed by atoms with Crippen LogP contribution in [-0.2, 0) is 16.1 Å². The summed E-state index contributed by atoms with van der Waals surface area (Å²) in [5, 5.41) is 3.29. The summed E-state index contributed by atoms with van der Waals surface area (Å²) >= 11 is 1.73. The molecule has 1 atom stereocenters. The third-order valence-electron chi connectivity index (χ3n) is 5.86. The maximum Gasteiger partial charge on any atom is 0.230 e. The van der Waals surface area contributed by atoms with Crippen LogP contribution >= 0.6 is 11.3 Å². The monoisotopic (exact) mass is 349 g/mol. The van der Waals surface area contributed by atoms with Crippen LogP contribution in [0.15, 0.2) is 5.38 Å². The molecule has 3 fully saturated rings. The van der Waals surface area contributed by atoms with Crippen molar-refractivity contribution in [1.29, 1.82) is 0 Å². The second-order valence-electron chi connectivity index (χ2n) is 7.57. The summed E-state index contributed by atoms with van der Waals surface area (Å²) in [6.45, 7) is 7.41. The zero-order valence-corrected chi connectivity index (χ0v) is 15.3. The number of hydrogen-bond donors (Lipinski definition) is 0. The molecule has 1 aromatic heterocycles. The molecular formula is C18H27N3O2S. The van der Waals surface area contributed by atoms with Crippen molar-refractivity contribution >= 4 is 17.2 Å². The molecule has 0 aromatic carbocycles. The maximum atomic E-state index is 13.3. The first kappa shape index (κ1) is 16.5. The highest BCUT2D eigenvalue weighted by atomic mass is 32.1. The Balaban J connectivity index is 1.43. The molecule has 1 spiro atoms. The van der Waals surface area contributed by atoms with Gasteiger partial charge in [-0.3, -0.25) is 9.69 Å². The Kier molecular flexibility index (Phi) is 4.62. The molecule has 5 nitrogen and oxygen atoms in total. The van der Waals surface area contributed by atoms with E-state index >= 15 is 0 Å². The SMILES string of the molecule is Cc1csc(CN2CC[C@@]3(CCCN(C4CCOCC4)C3=O)C2)n1. The number of aromatic nitrogens is 1. The van der Waals surface area contributed by atoms with E-state index in [1.54, 1.807) is 11.3 Å². The third-order valence-corrected chi connectivity index (χ3v) is 6.81. The lowest BCUT2D eigenvalue weighted by molar-refractivity contribution is -0.150. The predicted molar refractivity (Wildman–Crippen MR) is 94.0 cm³/mol. The molecule has 0 unspecified atom stereocenters. The first-order valence-electron chi connectivity index (χ1n) is 9.18. The van der Waals surface area contributed by atoms with Crippen LogP contribution in [0.3, 0.4) is 0 Å². The number of likely N-dealkylation sites (tertiary alicyclic amines) is 2. The number of rotatable bonds is 3. The number of ether oxygens (including phenoxy) is 1. The number of carbonyl (C=O) groups is 1. The molecule has 24 heavy (non-hydrogen) atoms. The van der Waals surface area contributed by atoms with Crippen molar-refractivity contribution in [3.63, 3.8) is 0 Å². The van der Waals surface area contributed by atoms with Crippen molar-refractivity contribution in [3.05, 3.63) is 16.1 Å². The molecule has 0 radical (unpaired) electrons. The van der Waals surface area contributed by atoms with Crippen molar-refractivity contribution in [2.45, 2.75) is 51.6 Å². The molecular weight excluding hydrogens is 322 g/mol. The lowest BCUT2D eigenvalue weighted by Gasteiger charge is -2.44. The van der Waals surface area contributed by atoms with Gasteiger partial charge in [0, 0.05) is 43.4 Å². The zero-order valence-electron chi connectivity index (χ0n) is 14.5. The molecule has 3 saturated heterocycles. The van der Waals surface area contributed by atoms with Crippen molar-refractivity contribution in [2.75, 3.05) is 32.8 Å². The lowest BCUT2D eigenvalue weighted by atomic mass is 9.77. The summed E-state index contributed by atoms with van der Waals surface area (Å²) in [7, 11) is 0. The van der Waals surface area contributed by atoms with Crippen LogP contribution in [0, 0.1) is 12.3 Å². The Morgan fingerprint density at radius 2 is 2.17 bits per heavy atom. The van der Waals surface area contributed by atoms with Gasteiger partial charge in [-0.2, -0.15) is 0 Å². The van der Waals surface area contributed by atoms with E-state index in [0.29, 0.717) is 11.9 Å². The predicted octanol–water partition coefficient (Wildman–Crippen LogP) is 2.45. The quantitative estimate of drug-likeness (QED) is 0.841. The third kappa shape index (κ3) is 3.11. The molecule has 3 aliphatic rings. The van der Waals surface area contributed by atoms with Crippen LogP contribution < -0.4 is 0 Å². The number of aryl methyl sites for hydroxylation is 1. The van der Waals surface area contributed by atoms with Gasteiger partial charge in [0.05, 0.1) is 12.0 Å². The number of nitrogens with zero attached hydrogens (tertiary/aromatic N) is 3. The fraction of sp³-hybridized carbons (Fsp3) is 0.778. The topological polar surface area (TPSA) is 45.7 Å². The second kappa shape index (κ2) is 6.73. The van der Waals surface area contributed by atoms with Gasteiger partial charge in [-0.1, -0.05) is 0 Å². The van der Waals surface area contributed by atoms with Gasteiger partial charge in [0.25, 0.3) is 0 Å². The average Bonchev–Trinajstić information content (AvgIpc) is 3.19. The van der Waals surface area contributed by atoms with Gasteiger partial charge in [-0.25, -0.2) is 4.98 Å². The van der Waals surface area contributed by atoms with Crippen LogP contribution in [0.1, 0.15) is 42.8 Å². The smallest absolute Gasteiger partial charge is 0.230 e. The van der Waals surface area contributed by atoms with E-state index in [0.717, 1.165) is 77.2 Å². The van der Waals surface area contributed by atoms with Gasteiger partial charge in [-0.15, -0.1) is 11.3 Å². The van der Waals surface area contributed by atoms with Crippen molar-refractivity contribution < 1.29 is 9.53 Å². The molecule has 4 heterocycles. The van der Waals surface area contributed by atoms with Crippen LogP contribution in [0.5, 0.6) is 0 Å². The fourth-order valence-electron chi connectivity index (χ4n) is 4.58. The molecule has 4 rings (SSSR count). The van der Waals surface area contributed by atoms with E-state index in [1.807, 2.05) is 6.92 Å². The largest absolute Gasteiger partial charge is 0.381 e. The van der Waals surface area contributed by atoms with Crippen LogP contribution in [0.25, 0.3) is 0 Å². The van der Waals surface area contributed by atoms with E-state index < -0.39 is 0 Å². The normalized spacial score (nSPS) is 29.7. The molecule has 6 heteroatoms. The van der Waals surface area contributed by atoms with Crippen molar-refractivity contribution in [3.8, 4) is 0 Å². The van der Waals surface area contributed by atoms with E-state index in [1.165, 1.54) is 5.01 Å². The standard InChI is InChI=1S/C18H27N3O2S/c1-14-12-24-16(19-14)11-20-8-6-18(13-20)5-2-7-21(17(18)22)15-3-9-23-10-4-15/h12,15H,2-11,13H2,1H3/t18-/m0/s1. The van der Waals surface area contributed by atoms with Gasteiger partial charge >= 0.3 is 0 Å². The number of piperidine rings is 1. The minimum absolute atomic E-state index is 0.136. The summed E-state index contributed by atoms with van der Waals surface area (Å²) in [6.07, 6.45) is 5.22. The van der Waals surface area contributed by atoms with Crippen LogP contribution in [0.4, 0.5) is 0 Å². The highest BCUT2D eigenvalue weighted by Crippen LogP contribution is 2.41. The first-order chi connectivity index (χ1) is 11.7. The molecule has 0 saturated carbocycles. The van der Waals surface area contributed by atoms with Gasteiger partial charge < -0.3 is 9.64 Å². The summed E-state index contributed by atoms with van der Waals surface area (Å²) in [5.41, 5.74) is 0.964. The Hall–Kier alpha value is -0.980. The summed E-state index contributed by atoms with van der Waals surface area (Å²) in [5.74, 6) is 0.415. The van der Waals surface area contributed by atoms with E-state index in [4.69, 9.17) is 4.74 Å². The molecule has 132 valence electrons. The van der Waals surface area contributed by atoms with E-state index in [9.17, 15) is 4.79 Å². The molecule has 0 aliphatic carbocycles. The Bertz CT molecular complexity index is 599. The van der Waals surface area contributed by atoms with Gasteiger partial charge in [-0.05, 0) is 45.6 Å². The maximum absolute atomic E-state index is 13.3. The molecule has 1 aromatic rings. The molecule has 0 bridgehead atoms. The summed E-state index contributed by atoms with van der Waals surface area (Å²) < 4.78 is 5.48. The van der Waals surface area contributed by atoms with Crippen molar-refractivity contribution in [2.24, 2.45) is 5.41 Å². The summed E-state index contributed by atoms with van der Waals surface area (Å²) in [6, 6.07) is 0.402. The van der Waals surface area contributed by atoms with Gasteiger partial charge in [0.1, 0.15) is 5.01 Å². The number of hydrogen-bond acceptors (Lipinski definition) is 5. The zero-order chi connectivity index (χ0) is 16.6. The highest BCUT2D eigenvalue weighted by molar-refractivity contribution is 7.09. The summed E-state index contributed by atoms with van der Waals surface area (Å²) in [4.78, 5) is 22.5. The van der Waals surface area contributed by atoms with Gasteiger partial charge in [0.2, 0.25) is 5.91 Å². The average molecular weight is 350 g/mol. The number of amides is 1. The molecule has 1 amide bonds. The van der Waals surface area contributed by atoms with E-state index in [2.05, 4.69) is 20.2 Å². The van der Waals surface area contributed by atoms with Crippen LogP contribution in [0.2, 0.25) is 0 Å². The minimum atomic E-state index is -0.136. The Labute approximate surface area is 148 Å². The van der Waals surface area contributed by atoms with E-state index in [-0.39, 0.29) is 5.41 Å². The number of carbonyl (C=O) groups excluding carboxylic acids is 1. The minimum Gasteiger partial charge on any atom is -0.381 e. The first-order valence-corrected chi connectivity index (χ1v) is 10.1.